The van der Waals surface area contributed by atoms with Crippen molar-refractivity contribution >= 4 is 15.9 Å². The summed E-state index contributed by atoms with van der Waals surface area (Å²) in [6.45, 7) is 4.84. The van der Waals surface area contributed by atoms with Crippen molar-refractivity contribution < 1.29 is 9.84 Å². The van der Waals surface area contributed by atoms with Crippen LogP contribution in [-0.2, 0) is 11.3 Å². The number of aliphatic hydroxyl groups is 1. The topological polar surface area (TPSA) is 41.5 Å². The summed E-state index contributed by atoms with van der Waals surface area (Å²) in [5.74, 6) is 0. The number of hydrogen-bond donors (Lipinski definition) is 2. The van der Waals surface area contributed by atoms with E-state index in [1.165, 1.54) is 11.1 Å². The van der Waals surface area contributed by atoms with Gasteiger partial charge in [0.2, 0.25) is 0 Å². The van der Waals surface area contributed by atoms with Crippen molar-refractivity contribution in [3.8, 4) is 0 Å². The van der Waals surface area contributed by atoms with Crippen LogP contribution in [0.5, 0.6) is 0 Å². The minimum Gasteiger partial charge on any atom is -0.394 e. The number of ether oxygens (including phenoxy) is 1. The van der Waals surface area contributed by atoms with Gasteiger partial charge in [-0.25, -0.2) is 0 Å². The molecule has 0 aliphatic heterocycles. The molecule has 0 atom stereocenters. The number of rotatable bonds is 7. The van der Waals surface area contributed by atoms with Crippen molar-refractivity contribution in [2.75, 3.05) is 26.4 Å². The third-order valence-electron chi connectivity index (χ3n) is 2.22. The fourth-order valence-electron chi connectivity index (χ4n) is 1.29. The first-order chi connectivity index (χ1) is 7.74. The molecule has 2 N–H and O–H groups in total. The first kappa shape index (κ1) is 13.6. The Morgan fingerprint density at radius 2 is 2.19 bits per heavy atom. The summed E-state index contributed by atoms with van der Waals surface area (Å²) in [5.41, 5.74) is 2.50. The van der Waals surface area contributed by atoms with Crippen LogP contribution in [0.1, 0.15) is 11.1 Å². The number of aliphatic hydroxyl groups excluding tert-OH is 1. The van der Waals surface area contributed by atoms with Gasteiger partial charge in [0.25, 0.3) is 0 Å². The Bertz CT molecular complexity index is 318. The summed E-state index contributed by atoms with van der Waals surface area (Å²) in [4.78, 5) is 0. The minimum atomic E-state index is 0.0882. The molecule has 0 saturated carbocycles. The van der Waals surface area contributed by atoms with E-state index in [9.17, 15) is 0 Å². The standard InChI is InChI=1S/C12H18BrNO2/c1-10-2-3-11(8-12(10)13)9-14-4-6-16-7-5-15/h2-3,8,14-15H,4-7,9H2,1H3. The quantitative estimate of drug-likeness (QED) is 0.752. The molecule has 90 valence electrons. The maximum Gasteiger partial charge on any atom is 0.0698 e. The second-order valence-electron chi connectivity index (χ2n) is 3.60. The summed E-state index contributed by atoms with van der Waals surface area (Å²) in [5, 5.41) is 11.8. The highest BCUT2D eigenvalue weighted by atomic mass is 79.9. The number of benzene rings is 1. The molecule has 0 spiro atoms. The van der Waals surface area contributed by atoms with Gasteiger partial charge in [0.05, 0.1) is 19.8 Å². The summed E-state index contributed by atoms with van der Waals surface area (Å²) in [6.07, 6.45) is 0. The molecule has 16 heavy (non-hydrogen) atoms. The van der Waals surface area contributed by atoms with Gasteiger partial charge >= 0.3 is 0 Å². The molecule has 0 unspecified atom stereocenters. The third-order valence-corrected chi connectivity index (χ3v) is 3.08. The average Bonchev–Trinajstić information content (AvgIpc) is 2.28. The average molecular weight is 288 g/mol. The molecule has 0 bridgehead atoms. The van der Waals surface area contributed by atoms with Crippen molar-refractivity contribution in [3.05, 3.63) is 33.8 Å². The molecule has 0 heterocycles. The van der Waals surface area contributed by atoms with Crippen molar-refractivity contribution in [2.24, 2.45) is 0 Å². The summed E-state index contributed by atoms with van der Waals surface area (Å²) in [7, 11) is 0. The van der Waals surface area contributed by atoms with Crippen LogP contribution in [0.3, 0.4) is 0 Å². The molecule has 0 radical (unpaired) electrons. The zero-order chi connectivity index (χ0) is 11.8. The maximum atomic E-state index is 8.51. The Balaban J connectivity index is 2.19. The number of halogens is 1. The van der Waals surface area contributed by atoms with Crippen molar-refractivity contribution in [1.82, 2.24) is 5.32 Å². The lowest BCUT2D eigenvalue weighted by Crippen LogP contribution is -2.20. The van der Waals surface area contributed by atoms with Crippen LogP contribution in [-0.4, -0.2) is 31.5 Å². The lowest BCUT2D eigenvalue weighted by molar-refractivity contribution is 0.0938. The molecular weight excluding hydrogens is 270 g/mol. The van der Waals surface area contributed by atoms with Gasteiger partial charge in [0.1, 0.15) is 0 Å². The normalized spacial score (nSPS) is 10.7. The largest absolute Gasteiger partial charge is 0.394 e. The Kier molecular flexibility index (Phi) is 6.64. The van der Waals surface area contributed by atoms with E-state index in [2.05, 4.69) is 46.4 Å². The highest BCUT2D eigenvalue weighted by Gasteiger charge is 1.97. The van der Waals surface area contributed by atoms with Gasteiger partial charge in [-0.3, -0.25) is 0 Å². The molecule has 1 rings (SSSR count). The van der Waals surface area contributed by atoms with Gasteiger partial charge in [-0.05, 0) is 24.1 Å². The van der Waals surface area contributed by atoms with E-state index in [4.69, 9.17) is 9.84 Å². The highest BCUT2D eigenvalue weighted by Crippen LogP contribution is 2.17. The smallest absolute Gasteiger partial charge is 0.0698 e. The van der Waals surface area contributed by atoms with Crippen LogP contribution in [0, 0.1) is 6.92 Å². The molecule has 0 amide bonds. The second kappa shape index (κ2) is 7.79. The van der Waals surface area contributed by atoms with Crippen LogP contribution in [0.4, 0.5) is 0 Å². The molecule has 4 heteroatoms. The first-order valence-corrected chi connectivity index (χ1v) is 6.17. The van der Waals surface area contributed by atoms with Crippen molar-refractivity contribution in [3.63, 3.8) is 0 Å². The Labute approximate surface area is 105 Å². The fourth-order valence-corrected chi connectivity index (χ4v) is 1.72. The molecule has 0 aliphatic carbocycles. The van der Waals surface area contributed by atoms with Crippen LogP contribution >= 0.6 is 15.9 Å². The van der Waals surface area contributed by atoms with E-state index in [1.54, 1.807) is 0 Å². The maximum absolute atomic E-state index is 8.51. The zero-order valence-corrected chi connectivity index (χ0v) is 11.1. The first-order valence-electron chi connectivity index (χ1n) is 5.38. The Morgan fingerprint density at radius 3 is 2.88 bits per heavy atom. The van der Waals surface area contributed by atoms with E-state index >= 15 is 0 Å². The van der Waals surface area contributed by atoms with Gasteiger partial charge < -0.3 is 15.2 Å². The van der Waals surface area contributed by atoms with Gasteiger partial charge in [-0.1, -0.05) is 28.1 Å². The predicted octanol–water partition coefficient (Wildman–Crippen LogP) is 1.86. The molecule has 3 nitrogen and oxygen atoms in total. The molecule has 0 aromatic heterocycles. The molecule has 1 aromatic carbocycles. The van der Waals surface area contributed by atoms with E-state index < -0.39 is 0 Å². The minimum absolute atomic E-state index is 0.0882. The number of nitrogens with one attached hydrogen (secondary N) is 1. The predicted molar refractivity (Wildman–Crippen MR) is 68.5 cm³/mol. The molecule has 1 aromatic rings. The zero-order valence-electron chi connectivity index (χ0n) is 9.50. The van der Waals surface area contributed by atoms with Gasteiger partial charge in [-0.2, -0.15) is 0 Å². The van der Waals surface area contributed by atoms with Crippen LogP contribution in [0.25, 0.3) is 0 Å². The van der Waals surface area contributed by atoms with Crippen LogP contribution < -0.4 is 5.32 Å². The number of hydrogen-bond acceptors (Lipinski definition) is 3. The Morgan fingerprint density at radius 1 is 1.38 bits per heavy atom. The molecule has 0 aliphatic rings. The van der Waals surface area contributed by atoms with Gasteiger partial charge in [-0.15, -0.1) is 0 Å². The number of aryl methyl sites for hydroxylation is 1. The Hall–Kier alpha value is -0.420. The fraction of sp³-hybridized carbons (Fsp3) is 0.500. The van der Waals surface area contributed by atoms with E-state index in [0.29, 0.717) is 13.2 Å². The second-order valence-corrected chi connectivity index (χ2v) is 4.45. The lowest BCUT2D eigenvalue weighted by atomic mass is 10.1. The lowest BCUT2D eigenvalue weighted by Gasteiger charge is -2.07. The third kappa shape index (κ3) is 5.07. The monoisotopic (exact) mass is 287 g/mol. The summed E-state index contributed by atoms with van der Waals surface area (Å²) >= 11 is 3.51. The van der Waals surface area contributed by atoms with E-state index in [0.717, 1.165) is 17.6 Å². The van der Waals surface area contributed by atoms with Crippen LogP contribution in [0.15, 0.2) is 22.7 Å². The SMILES string of the molecule is Cc1ccc(CNCCOCCO)cc1Br. The van der Waals surface area contributed by atoms with Crippen molar-refractivity contribution in [1.29, 1.82) is 0 Å². The summed E-state index contributed by atoms with van der Waals surface area (Å²) in [6, 6.07) is 6.34. The molecular formula is C12H18BrNO2. The van der Waals surface area contributed by atoms with Crippen molar-refractivity contribution in [2.45, 2.75) is 13.5 Å². The van der Waals surface area contributed by atoms with Gasteiger partial charge in [0, 0.05) is 17.6 Å². The highest BCUT2D eigenvalue weighted by molar-refractivity contribution is 9.10. The summed E-state index contributed by atoms with van der Waals surface area (Å²) < 4.78 is 6.28. The van der Waals surface area contributed by atoms with E-state index in [1.807, 2.05) is 0 Å². The van der Waals surface area contributed by atoms with Gasteiger partial charge in [0.15, 0.2) is 0 Å². The molecule has 0 fully saturated rings. The van der Waals surface area contributed by atoms with E-state index in [-0.39, 0.29) is 6.61 Å². The molecule has 0 saturated heterocycles. The van der Waals surface area contributed by atoms with Crippen LogP contribution in [0.2, 0.25) is 0 Å².